The minimum atomic E-state index is -1.09. The van der Waals surface area contributed by atoms with Crippen molar-refractivity contribution in [2.45, 2.75) is 20.1 Å². The molecule has 142 valence electrons. The van der Waals surface area contributed by atoms with Gasteiger partial charge in [-0.1, -0.05) is 6.07 Å². The number of amides is 1. The highest BCUT2D eigenvalue weighted by molar-refractivity contribution is 5.91. The van der Waals surface area contributed by atoms with Crippen LogP contribution in [0, 0.1) is 18.6 Å². The molecule has 7 nitrogen and oxygen atoms in total. The number of oxazole rings is 1. The van der Waals surface area contributed by atoms with Crippen molar-refractivity contribution in [3.05, 3.63) is 65.1 Å². The Morgan fingerprint density at radius 3 is 2.85 bits per heavy atom. The standard InChI is InChI=1S/C18H18F2N4O3/c1-11-12(8-24(3)22-11)7-23(2)18(25)14-9-27-16(21-14)10-26-15-6-4-5-13(19)17(15)20/h4-6,8-9H,7,10H2,1-3H3. The fourth-order valence-corrected chi connectivity index (χ4v) is 2.54. The lowest BCUT2D eigenvalue weighted by molar-refractivity contribution is 0.0779. The Morgan fingerprint density at radius 1 is 1.37 bits per heavy atom. The fraction of sp³-hybridized carbons (Fsp3) is 0.278. The number of aromatic nitrogens is 3. The summed E-state index contributed by atoms with van der Waals surface area (Å²) in [6, 6.07) is 3.61. The molecule has 0 saturated carbocycles. The van der Waals surface area contributed by atoms with Gasteiger partial charge in [0.25, 0.3) is 5.91 Å². The van der Waals surface area contributed by atoms with Crippen LogP contribution in [-0.2, 0) is 20.2 Å². The number of carbonyl (C=O) groups excluding carboxylic acids is 1. The molecule has 3 rings (SSSR count). The number of carbonyl (C=O) groups is 1. The van der Waals surface area contributed by atoms with E-state index in [-0.39, 0.29) is 29.8 Å². The number of halogens is 2. The number of rotatable bonds is 6. The molecule has 1 aromatic carbocycles. The molecule has 2 heterocycles. The summed E-state index contributed by atoms with van der Waals surface area (Å²) < 4.78 is 38.8. The summed E-state index contributed by atoms with van der Waals surface area (Å²) in [6.45, 7) is 2.00. The summed E-state index contributed by atoms with van der Waals surface area (Å²) >= 11 is 0. The average Bonchev–Trinajstić information content (AvgIpc) is 3.22. The Morgan fingerprint density at radius 2 is 2.15 bits per heavy atom. The first-order valence-corrected chi connectivity index (χ1v) is 8.11. The van der Waals surface area contributed by atoms with E-state index in [2.05, 4.69) is 10.1 Å². The molecule has 3 aromatic rings. The number of benzene rings is 1. The molecule has 2 aromatic heterocycles. The van der Waals surface area contributed by atoms with Crippen molar-refractivity contribution in [1.29, 1.82) is 0 Å². The van der Waals surface area contributed by atoms with Crippen molar-refractivity contribution in [2.24, 2.45) is 7.05 Å². The molecule has 27 heavy (non-hydrogen) atoms. The maximum absolute atomic E-state index is 13.6. The Labute approximate surface area is 154 Å². The lowest BCUT2D eigenvalue weighted by Gasteiger charge is -2.14. The average molecular weight is 376 g/mol. The van der Waals surface area contributed by atoms with Crippen LogP contribution >= 0.6 is 0 Å². The molecule has 0 fully saturated rings. The van der Waals surface area contributed by atoms with Crippen LogP contribution in [0.15, 0.2) is 35.1 Å². The van der Waals surface area contributed by atoms with Crippen molar-refractivity contribution in [2.75, 3.05) is 7.05 Å². The van der Waals surface area contributed by atoms with Gasteiger partial charge in [0.1, 0.15) is 6.26 Å². The van der Waals surface area contributed by atoms with Crippen molar-refractivity contribution < 1.29 is 22.7 Å². The van der Waals surface area contributed by atoms with Crippen LogP contribution in [0.2, 0.25) is 0 Å². The van der Waals surface area contributed by atoms with Crippen LogP contribution in [0.5, 0.6) is 5.75 Å². The molecule has 0 aliphatic rings. The molecule has 0 spiro atoms. The van der Waals surface area contributed by atoms with Gasteiger partial charge in [-0.2, -0.15) is 9.49 Å². The maximum Gasteiger partial charge on any atom is 0.275 e. The molecule has 0 saturated heterocycles. The van der Waals surface area contributed by atoms with Gasteiger partial charge in [-0.3, -0.25) is 9.48 Å². The zero-order valence-corrected chi connectivity index (χ0v) is 15.1. The van der Waals surface area contributed by atoms with Crippen LogP contribution < -0.4 is 4.74 Å². The summed E-state index contributed by atoms with van der Waals surface area (Å²) in [5.41, 5.74) is 1.85. The second-order valence-electron chi connectivity index (χ2n) is 6.04. The normalized spacial score (nSPS) is 10.9. The van der Waals surface area contributed by atoms with Gasteiger partial charge >= 0.3 is 0 Å². The number of nitrogens with zero attached hydrogens (tertiary/aromatic N) is 4. The third kappa shape index (κ3) is 4.13. The third-order valence-corrected chi connectivity index (χ3v) is 3.91. The zero-order valence-electron chi connectivity index (χ0n) is 15.1. The minimum absolute atomic E-state index is 0.0768. The SMILES string of the molecule is Cc1nn(C)cc1CN(C)C(=O)c1coc(COc2cccc(F)c2F)n1. The van der Waals surface area contributed by atoms with Crippen molar-refractivity contribution in [3.8, 4) is 5.75 Å². The van der Waals surface area contributed by atoms with Crippen LogP contribution in [0.25, 0.3) is 0 Å². The van der Waals surface area contributed by atoms with Gasteiger partial charge in [0.05, 0.1) is 5.69 Å². The van der Waals surface area contributed by atoms with E-state index in [9.17, 15) is 13.6 Å². The molecular weight excluding hydrogens is 358 g/mol. The smallest absolute Gasteiger partial charge is 0.275 e. The Balaban J connectivity index is 1.63. The predicted molar refractivity (Wildman–Crippen MR) is 90.9 cm³/mol. The van der Waals surface area contributed by atoms with E-state index in [1.165, 1.54) is 23.3 Å². The van der Waals surface area contributed by atoms with Crippen LogP contribution in [-0.4, -0.2) is 32.6 Å². The van der Waals surface area contributed by atoms with Gasteiger partial charge in [0.2, 0.25) is 11.7 Å². The van der Waals surface area contributed by atoms with Crippen molar-refractivity contribution >= 4 is 5.91 Å². The van der Waals surface area contributed by atoms with Gasteiger partial charge in [0, 0.05) is 32.4 Å². The summed E-state index contributed by atoms with van der Waals surface area (Å²) in [5, 5.41) is 4.24. The predicted octanol–water partition coefficient (Wildman–Crippen LogP) is 2.85. The molecule has 0 radical (unpaired) electrons. The minimum Gasteiger partial charge on any atom is -0.481 e. The van der Waals surface area contributed by atoms with Gasteiger partial charge in [0.15, 0.2) is 23.9 Å². The Bertz CT molecular complexity index is 967. The van der Waals surface area contributed by atoms with E-state index >= 15 is 0 Å². The number of hydrogen-bond donors (Lipinski definition) is 0. The lowest BCUT2D eigenvalue weighted by atomic mass is 10.2. The fourth-order valence-electron chi connectivity index (χ4n) is 2.54. The summed E-state index contributed by atoms with van der Waals surface area (Å²) in [4.78, 5) is 18.0. The number of ether oxygens (including phenoxy) is 1. The van der Waals surface area contributed by atoms with Crippen molar-refractivity contribution in [3.63, 3.8) is 0 Å². The molecule has 9 heteroatoms. The first-order chi connectivity index (χ1) is 12.8. The largest absolute Gasteiger partial charge is 0.481 e. The topological polar surface area (TPSA) is 73.4 Å². The van der Waals surface area contributed by atoms with E-state index in [0.717, 1.165) is 17.3 Å². The lowest BCUT2D eigenvalue weighted by Crippen LogP contribution is -2.26. The Hall–Kier alpha value is -3.23. The third-order valence-electron chi connectivity index (χ3n) is 3.91. The molecule has 1 amide bonds. The first kappa shape index (κ1) is 18.6. The van der Waals surface area contributed by atoms with Gasteiger partial charge in [-0.05, 0) is 19.1 Å². The quantitative estimate of drug-likeness (QED) is 0.661. The van der Waals surface area contributed by atoms with Gasteiger partial charge in [-0.15, -0.1) is 0 Å². The molecule has 0 unspecified atom stereocenters. The number of aryl methyl sites for hydroxylation is 2. The molecule has 0 bridgehead atoms. The molecule has 0 atom stereocenters. The van der Waals surface area contributed by atoms with Gasteiger partial charge < -0.3 is 14.1 Å². The van der Waals surface area contributed by atoms with E-state index in [1.807, 2.05) is 20.2 Å². The molecule has 0 aliphatic carbocycles. The van der Waals surface area contributed by atoms with Crippen LogP contribution in [0.1, 0.15) is 27.6 Å². The second-order valence-corrected chi connectivity index (χ2v) is 6.04. The van der Waals surface area contributed by atoms with Gasteiger partial charge in [-0.25, -0.2) is 9.37 Å². The first-order valence-electron chi connectivity index (χ1n) is 8.11. The molecule has 0 aliphatic heterocycles. The van der Waals surface area contributed by atoms with Crippen molar-refractivity contribution in [1.82, 2.24) is 19.7 Å². The molecule has 0 N–H and O–H groups in total. The maximum atomic E-state index is 13.6. The van der Waals surface area contributed by atoms with E-state index in [4.69, 9.17) is 9.15 Å². The highest BCUT2D eigenvalue weighted by Crippen LogP contribution is 2.20. The monoisotopic (exact) mass is 376 g/mol. The van der Waals surface area contributed by atoms with Crippen LogP contribution in [0.3, 0.4) is 0 Å². The summed E-state index contributed by atoms with van der Waals surface area (Å²) in [6.07, 6.45) is 3.05. The summed E-state index contributed by atoms with van der Waals surface area (Å²) in [7, 11) is 3.45. The summed E-state index contributed by atoms with van der Waals surface area (Å²) in [5.74, 6) is -2.63. The highest BCUT2D eigenvalue weighted by Gasteiger charge is 2.19. The molecular formula is C18H18F2N4O3. The highest BCUT2D eigenvalue weighted by atomic mass is 19.2. The van der Waals surface area contributed by atoms with E-state index in [1.54, 1.807) is 11.7 Å². The zero-order chi connectivity index (χ0) is 19.6. The van der Waals surface area contributed by atoms with Crippen LogP contribution in [0.4, 0.5) is 8.78 Å². The van der Waals surface area contributed by atoms with E-state index in [0.29, 0.717) is 6.54 Å². The Kier molecular flexibility index (Phi) is 5.20. The second kappa shape index (κ2) is 7.56. The number of hydrogen-bond acceptors (Lipinski definition) is 5. The van der Waals surface area contributed by atoms with E-state index < -0.39 is 11.6 Å².